The number of rotatable bonds is 5. The molecule has 154 valence electrons. The number of benzene rings is 1. The number of hydrogen-bond donors (Lipinski definition) is 1. The van der Waals surface area contributed by atoms with Crippen molar-refractivity contribution in [3.05, 3.63) is 83.0 Å². The fourth-order valence-corrected chi connectivity index (χ4v) is 5.37. The quantitative estimate of drug-likeness (QED) is 0.626. The van der Waals surface area contributed by atoms with Crippen molar-refractivity contribution in [2.45, 2.75) is 44.6 Å². The third-order valence-electron chi connectivity index (χ3n) is 6.75. The molecule has 0 spiro atoms. The lowest BCUT2D eigenvalue weighted by atomic mass is 9.78. The Hall–Kier alpha value is -2.92. The highest BCUT2D eigenvalue weighted by atomic mass is 16.5. The maximum atomic E-state index is 11.0. The Labute approximate surface area is 177 Å². The number of nitrogens with zero attached hydrogens (tertiary/aromatic N) is 3. The van der Waals surface area contributed by atoms with E-state index in [9.17, 15) is 5.11 Å². The van der Waals surface area contributed by atoms with E-state index in [2.05, 4.69) is 23.1 Å². The Morgan fingerprint density at radius 1 is 1.20 bits per heavy atom. The van der Waals surface area contributed by atoms with E-state index < -0.39 is 6.10 Å². The lowest BCUT2D eigenvalue weighted by Gasteiger charge is -2.28. The van der Waals surface area contributed by atoms with Gasteiger partial charge in [-0.3, -0.25) is 4.98 Å². The molecule has 2 aliphatic rings. The number of pyridine rings is 1. The summed E-state index contributed by atoms with van der Waals surface area (Å²) in [5.41, 5.74) is 7.51. The zero-order valence-electron chi connectivity index (χ0n) is 17.5. The fourth-order valence-electron chi connectivity index (χ4n) is 5.37. The number of allylic oxidation sites excluding steroid dienone is 2. The molecule has 0 radical (unpaired) electrons. The van der Waals surface area contributed by atoms with E-state index in [0.717, 1.165) is 42.7 Å². The largest absolute Gasteiger partial charge is 0.496 e. The molecule has 30 heavy (non-hydrogen) atoms. The molecule has 0 bridgehead atoms. The molecule has 5 heteroatoms. The van der Waals surface area contributed by atoms with Gasteiger partial charge in [0.1, 0.15) is 5.75 Å². The molecule has 0 saturated carbocycles. The Morgan fingerprint density at radius 2 is 2.07 bits per heavy atom. The van der Waals surface area contributed by atoms with Gasteiger partial charge in [-0.05, 0) is 43.4 Å². The molecule has 1 unspecified atom stereocenters. The van der Waals surface area contributed by atoms with Gasteiger partial charge < -0.3 is 9.84 Å². The number of aromatic nitrogens is 3. The van der Waals surface area contributed by atoms with Gasteiger partial charge in [0.2, 0.25) is 0 Å². The fraction of sp³-hybridized carbons (Fsp3) is 0.360. The first-order chi connectivity index (χ1) is 14.7. The van der Waals surface area contributed by atoms with Crippen molar-refractivity contribution in [1.29, 1.82) is 0 Å². The molecule has 0 fully saturated rings. The molecule has 5 nitrogen and oxygen atoms in total. The first-order valence-corrected chi connectivity index (χ1v) is 10.7. The summed E-state index contributed by atoms with van der Waals surface area (Å²) < 4.78 is 7.50. The second kappa shape index (κ2) is 7.73. The summed E-state index contributed by atoms with van der Waals surface area (Å²) in [5, 5.41) is 15.7. The van der Waals surface area contributed by atoms with Crippen LogP contribution in [0.5, 0.6) is 5.75 Å². The Morgan fingerprint density at radius 3 is 2.87 bits per heavy atom. The summed E-state index contributed by atoms with van der Waals surface area (Å²) in [6.45, 7) is 2.29. The average Bonchev–Trinajstić information content (AvgIpc) is 3.39. The summed E-state index contributed by atoms with van der Waals surface area (Å²) in [5.74, 6) is 1.48. The highest BCUT2D eigenvalue weighted by Crippen LogP contribution is 2.49. The van der Waals surface area contributed by atoms with Gasteiger partial charge in [-0.2, -0.15) is 5.10 Å². The van der Waals surface area contributed by atoms with Crippen LogP contribution in [-0.4, -0.2) is 27.0 Å². The van der Waals surface area contributed by atoms with Gasteiger partial charge in [0.15, 0.2) is 0 Å². The molecule has 0 aliphatic heterocycles. The number of aliphatic hydroxyl groups excluding tert-OH is 1. The summed E-state index contributed by atoms with van der Waals surface area (Å²) in [7, 11) is 1.66. The van der Waals surface area contributed by atoms with E-state index in [1.54, 1.807) is 13.3 Å². The predicted octanol–water partition coefficient (Wildman–Crippen LogP) is 4.77. The summed E-state index contributed by atoms with van der Waals surface area (Å²) in [4.78, 5) is 4.25. The lowest BCUT2D eigenvalue weighted by molar-refractivity contribution is 0.146. The zero-order valence-corrected chi connectivity index (χ0v) is 17.5. The van der Waals surface area contributed by atoms with E-state index in [1.165, 1.54) is 22.4 Å². The molecule has 1 N–H and O–H groups in total. The third-order valence-corrected chi connectivity index (χ3v) is 6.75. The number of methoxy groups -OCH3 is 1. The van der Waals surface area contributed by atoms with Crippen LogP contribution in [0.1, 0.15) is 55.0 Å². The van der Waals surface area contributed by atoms with Crippen molar-refractivity contribution in [2.75, 3.05) is 7.11 Å². The summed E-state index contributed by atoms with van der Waals surface area (Å²) in [6.07, 6.45) is 9.01. The molecular formula is C25H27N3O2. The standard InChI is InChI=1S/C25H27N3O2/c1-16-21-15-27-28(19-6-5-11-26-14-19)22(21)12-17-9-10-18(25(16)17)13-23(29)20-7-3-4-8-24(20)30-2/h3-8,11,14-16,18,23,29H,9-10,12-13H2,1-2H3/t16-,18+,23?/m0/s1. The topological polar surface area (TPSA) is 60.2 Å². The van der Waals surface area contributed by atoms with Crippen LogP contribution in [0.3, 0.4) is 0 Å². The minimum Gasteiger partial charge on any atom is -0.496 e. The van der Waals surface area contributed by atoms with Crippen LogP contribution in [0.4, 0.5) is 0 Å². The molecule has 5 rings (SSSR count). The normalized spacial score (nSPS) is 21.3. The zero-order chi connectivity index (χ0) is 20.7. The van der Waals surface area contributed by atoms with Gasteiger partial charge in [0.05, 0.1) is 37.0 Å². The molecule has 2 aromatic heterocycles. The predicted molar refractivity (Wildman–Crippen MR) is 116 cm³/mol. The Bertz CT molecular complexity index is 1090. The summed E-state index contributed by atoms with van der Waals surface area (Å²) >= 11 is 0. The van der Waals surface area contributed by atoms with Crippen LogP contribution in [0.15, 0.2) is 66.1 Å². The van der Waals surface area contributed by atoms with Crippen molar-refractivity contribution in [3.8, 4) is 11.4 Å². The molecule has 0 amide bonds. The van der Waals surface area contributed by atoms with Crippen LogP contribution in [0.25, 0.3) is 5.69 Å². The number of fused-ring (bicyclic) bond motifs is 1. The number of ether oxygens (including phenoxy) is 1. The van der Waals surface area contributed by atoms with Crippen LogP contribution >= 0.6 is 0 Å². The van der Waals surface area contributed by atoms with E-state index in [1.807, 2.05) is 47.4 Å². The average molecular weight is 402 g/mol. The van der Waals surface area contributed by atoms with Crippen molar-refractivity contribution >= 4 is 0 Å². The highest BCUT2D eigenvalue weighted by molar-refractivity contribution is 5.47. The first kappa shape index (κ1) is 19.1. The highest BCUT2D eigenvalue weighted by Gasteiger charge is 2.37. The van der Waals surface area contributed by atoms with Crippen molar-refractivity contribution in [1.82, 2.24) is 14.8 Å². The molecule has 2 aliphatic carbocycles. The Kier molecular flexibility index (Phi) is 4.91. The van der Waals surface area contributed by atoms with Crippen molar-refractivity contribution < 1.29 is 9.84 Å². The van der Waals surface area contributed by atoms with Gasteiger partial charge in [0.25, 0.3) is 0 Å². The van der Waals surface area contributed by atoms with Crippen LogP contribution in [0, 0.1) is 5.92 Å². The minimum absolute atomic E-state index is 0.326. The monoisotopic (exact) mass is 401 g/mol. The van der Waals surface area contributed by atoms with Crippen LogP contribution in [0.2, 0.25) is 0 Å². The maximum absolute atomic E-state index is 11.0. The van der Waals surface area contributed by atoms with Crippen LogP contribution in [-0.2, 0) is 6.42 Å². The van der Waals surface area contributed by atoms with Gasteiger partial charge in [-0.15, -0.1) is 0 Å². The van der Waals surface area contributed by atoms with E-state index in [4.69, 9.17) is 4.74 Å². The van der Waals surface area contributed by atoms with E-state index >= 15 is 0 Å². The molecule has 0 saturated heterocycles. The Balaban J connectivity index is 1.41. The second-order valence-electron chi connectivity index (χ2n) is 8.36. The molecular weight excluding hydrogens is 374 g/mol. The minimum atomic E-state index is -0.523. The second-order valence-corrected chi connectivity index (χ2v) is 8.36. The first-order valence-electron chi connectivity index (χ1n) is 10.7. The number of para-hydroxylation sites is 1. The smallest absolute Gasteiger partial charge is 0.124 e. The lowest BCUT2D eigenvalue weighted by Crippen LogP contribution is -2.17. The van der Waals surface area contributed by atoms with Gasteiger partial charge in [0, 0.05) is 29.7 Å². The molecule has 3 aromatic rings. The summed E-state index contributed by atoms with van der Waals surface area (Å²) in [6, 6.07) is 11.8. The van der Waals surface area contributed by atoms with Gasteiger partial charge in [-0.1, -0.05) is 36.3 Å². The van der Waals surface area contributed by atoms with Gasteiger partial charge in [-0.25, -0.2) is 4.68 Å². The number of hydrogen-bond acceptors (Lipinski definition) is 4. The maximum Gasteiger partial charge on any atom is 0.124 e. The molecule has 3 atom stereocenters. The van der Waals surface area contributed by atoms with Crippen molar-refractivity contribution in [3.63, 3.8) is 0 Å². The molecule has 2 heterocycles. The third kappa shape index (κ3) is 3.14. The SMILES string of the molecule is COc1ccccc1C(O)C[C@H]1CCC2=C1[C@@H](C)c1cnn(-c3cccnc3)c1C2. The van der Waals surface area contributed by atoms with Gasteiger partial charge >= 0.3 is 0 Å². The van der Waals surface area contributed by atoms with E-state index in [0.29, 0.717) is 11.8 Å². The van der Waals surface area contributed by atoms with Crippen molar-refractivity contribution in [2.24, 2.45) is 5.92 Å². The van der Waals surface area contributed by atoms with E-state index in [-0.39, 0.29) is 0 Å². The van der Waals surface area contributed by atoms with Crippen LogP contribution < -0.4 is 4.74 Å². The number of aliphatic hydroxyl groups is 1. The molecule has 1 aromatic carbocycles.